The van der Waals surface area contributed by atoms with Crippen LogP contribution in [0.4, 0.5) is 5.69 Å². The molecule has 1 unspecified atom stereocenters. The molecule has 0 saturated heterocycles. The van der Waals surface area contributed by atoms with E-state index in [1.807, 2.05) is 73.7 Å². The second-order valence-electron chi connectivity index (χ2n) is 7.42. The zero-order chi connectivity index (χ0) is 26.7. The van der Waals surface area contributed by atoms with Gasteiger partial charge in [-0.25, -0.2) is 19.4 Å². The largest absolute Gasteiger partial charge is 0.473 e. The molecule has 0 bridgehead atoms. The molecule has 36 heavy (non-hydrogen) atoms. The highest BCUT2D eigenvalue weighted by atomic mass is 16.6. The minimum Gasteiger partial charge on any atom is -0.473 e. The van der Waals surface area contributed by atoms with Gasteiger partial charge in [0.25, 0.3) is 0 Å². The maximum Gasteiger partial charge on any atom is 0.414 e. The summed E-state index contributed by atoms with van der Waals surface area (Å²) in [4.78, 5) is 35.7. The number of benzene rings is 2. The number of aliphatic carboxylic acids is 2. The summed E-state index contributed by atoms with van der Waals surface area (Å²) >= 11 is 0. The first-order chi connectivity index (χ1) is 17.2. The van der Waals surface area contributed by atoms with Crippen molar-refractivity contribution in [3.63, 3.8) is 0 Å². The van der Waals surface area contributed by atoms with Gasteiger partial charge in [0, 0.05) is 20.4 Å². The number of carboxylic acids is 2. The SMILES string of the molecule is CNc1cc(C)cnc1OC(C(=O)OC)C(OC)(c1ccccc1)c1ccccc1.O=C(O)C(=O)O. The summed E-state index contributed by atoms with van der Waals surface area (Å²) < 4.78 is 17.5. The number of esters is 1. The number of methoxy groups -OCH3 is 2. The Kier molecular flexibility index (Phi) is 9.93. The molecule has 0 spiro atoms. The number of aryl methyl sites for hydroxylation is 1. The average Bonchev–Trinajstić information content (AvgIpc) is 2.90. The number of hydrogen-bond donors (Lipinski definition) is 3. The van der Waals surface area contributed by atoms with Gasteiger partial charge in [-0.05, 0) is 29.7 Å². The lowest BCUT2D eigenvalue weighted by Crippen LogP contribution is -2.51. The summed E-state index contributed by atoms with van der Waals surface area (Å²) in [7, 11) is 4.66. The first kappa shape index (κ1) is 27.8. The molecule has 0 saturated carbocycles. The van der Waals surface area contributed by atoms with Crippen LogP contribution in [-0.4, -0.2) is 60.5 Å². The number of ether oxygens (including phenoxy) is 3. The van der Waals surface area contributed by atoms with Crippen molar-refractivity contribution in [3.8, 4) is 5.88 Å². The van der Waals surface area contributed by atoms with E-state index in [9.17, 15) is 4.79 Å². The molecule has 1 atom stereocenters. The number of carbonyl (C=O) groups is 3. The average molecular weight is 497 g/mol. The molecule has 0 aliphatic heterocycles. The third kappa shape index (κ3) is 6.36. The number of carbonyl (C=O) groups excluding carboxylic acids is 1. The van der Waals surface area contributed by atoms with Crippen molar-refractivity contribution in [2.45, 2.75) is 18.6 Å². The number of nitrogens with one attached hydrogen (secondary N) is 1. The molecule has 0 fully saturated rings. The van der Waals surface area contributed by atoms with E-state index in [-0.39, 0.29) is 5.88 Å². The predicted molar refractivity (Wildman–Crippen MR) is 131 cm³/mol. The minimum absolute atomic E-state index is 0.284. The van der Waals surface area contributed by atoms with E-state index in [2.05, 4.69) is 10.3 Å². The minimum atomic E-state index is -1.82. The molecular weight excluding hydrogens is 468 g/mol. The number of anilines is 1. The molecule has 0 aliphatic rings. The number of hydrogen-bond acceptors (Lipinski definition) is 8. The Morgan fingerprint density at radius 3 is 1.81 bits per heavy atom. The van der Waals surface area contributed by atoms with Gasteiger partial charge in [0.15, 0.2) is 5.60 Å². The van der Waals surface area contributed by atoms with Crippen molar-refractivity contribution in [2.75, 3.05) is 26.6 Å². The summed E-state index contributed by atoms with van der Waals surface area (Å²) in [5.41, 5.74) is 1.88. The highest BCUT2D eigenvalue weighted by Gasteiger charge is 2.50. The van der Waals surface area contributed by atoms with Gasteiger partial charge in [-0.15, -0.1) is 0 Å². The first-order valence-corrected chi connectivity index (χ1v) is 10.7. The molecule has 0 aliphatic carbocycles. The van der Waals surface area contributed by atoms with Crippen LogP contribution in [0.15, 0.2) is 72.9 Å². The fourth-order valence-electron chi connectivity index (χ4n) is 3.53. The molecule has 0 amide bonds. The van der Waals surface area contributed by atoms with Crippen molar-refractivity contribution in [3.05, 3.63) is 89.6 Å². The predicted octanol–water partition coefficient (Wildman–Crippen LogP) is 3.10. The van der Waals surface area contributed by atoms with E-state index in [1.165, 1.54) is 7.11 Å². The van der Waals surface area contributed by atoms with Crippen molar-refractivity contribution < 1.29 is 38.8 Å². The fraction of sp³-hybridized carbons (Fsp3) is 0.231. The highest BCUT2D eigenvalue weighted by Crippen LogP contribution is 2.40. The number of nitrogens with zero attached hydrogens (tertiary/aromatic N) is 1. The van der Waals surface area contributed by atoms with Crippen LogP contribution in [0, 0.1) is 6.92 Å². The van der Waals surface area contributed by atoms with Crippen LogP contribution in [0.2, 0.25) is 0 Å². The topological polar surface area (TPSA) is 144 Å². The van der Waals surface area contributed by atoms with E-state index in [4.69, 9.17) is 34.0 Å². The van der Waals surface area contributed by atoms with Crippen molar-refractivity contribution >= 4 is 23.6 Å². The van der Waals surface area contributed by atoms with Crippen LogP contribution < -0.4 is 10.1 Å². The molecule has 10 nitrogen and oxygen atoms in total. The normalized spacial score (nSPS) is 11.3. The Bertz CT molecular complexity index is 1120. The van der Waals surface area contributed by atoms with Gasteiger partial charge in [0.2, 0.25) is 12.0 Å². The van der Waals surface area contributed by atoms with Crippen molar-refractivity contribution in [1.82, 2.24) is 4.98 Å². The van der Waals surface area contributed by atoms with E-state index >= 15 is 0 Å². The summed E-state index contributed by atoms with van der Waals surface area (Å²) in [6.07, 6.45) is 0.531. The van der Waals surface area contributed by atoms with Gasteiger partial charge in [-0.2, -0.15) is 0 Å². The first-order valence-electron chi connectivity index (χ1n) is 10.7. The lowest BCUT2D eigenvalue weighted by atomic mass is 9.81. The zero-order valence-electron chi connectivity index (χ0n) is 20.3. The summed E-state index contributed by atoms with van der Waals surface area (Å²) in [6.45, 7) is 1.93. The fourth-order valence-corrected chi connectivity index (χ4v) is 3.53. The number of carboxylic acid groups (broad SMARTS) is 2. The van der Waals surface area contributed by atoms with E-state index in [1.54, 1.807) is 20.4 Å². The van der Waals surface area contributed by atoms with Crippen LogP contribution in [0.25, 0.3) is 0 Å². The van der Waals surface area contributed by atoms with Gasteiger partial charge in [-0.1, -0.05) is 60.7 Å². The maximum atomic E-state index is 13.1. The van der Waals surface area contributed by atoms with Crippen LogP contribution in [-0.2, 0) is 29.5 Å². The number of rotatable bonds is 8. The van der Waals surface area contributed by atoms with Gasteiger partial charge in [-0.3, -0.25) is 0 Å². The molecule has 3 aromatic rings. The van der Waals surface area contributed by atoms with Gasteiger partial charge in [0.1, 0.15) is 0 Å². The molecule has 3 rings (SSSR count). The van der Waals surface area contributed by atoms with E-state index < -0.39 is 29.6 Å². The van der Waals surface area contributed by atoms with Crippen molar-refractivity contribution in [1.29, 1.82) is 0 Å². The maximum absolute atomic E-state index is 13.1. The second kappa shape index (κ2) is 12.9. The van der Waals surface area contributed by atoms with Crippen LogP contribution in [0.1, 0.15) is 16.7 Å². The van der Waals surface area contributed by atoms with Crippen LogP contribution in [0.3, 0.4) is 0 Å². The summed E-state index contributed by atoms with van der Waals surface area (Å²) in [5.74, 6) is -3.94. The number of pyridine rings is 1. The van der Waals surface area contributed by atoms with Gasteiger partial charge < -0.3 is 29.7 Å². The highest BCUT2D eigenvalue weighted by molar-refractivity contribution is 6.27. The Hall–Kier alpha value is -4.44. The summed E-state index contributed by atoms with van der Waals surface area (Å²) in [6, 6.07) is 20.9. The van der Waals surface area contributed by atoms with Gasteiger partial charge >= 0.3 is 17.9 Å². The summed E-state index contributed by atoms with van der Waals surface area (Å²) in [5, 5.41) is 17.8. The van der Waals surface area contributed by atoms with E-state index in [0.29, 0.717) is 5.69 Å². The molecular formula is C26H28N2O8. The standard InChI is InChI=1S/C24H26N2O4.C2H2O4/c1-17-15-20(25-2)22(26-16-17)30-21(23(27)28-3)24(29-4,18-11-7-5-8-12-18)19-13-9-6-10-14-19;3-1(4)2(5)6/h5-16,21,25H,1-4H3;(H,3,4)(H,5,6). The quantitative estimate of drug-likeness (QED) is 0.314. The Morgan fingerprint density at radius 1 is 0.917 bits per heavy atom. The Morgan fingerprint density at radius 2 is 1.42 bits per heavy atom. The molecule has 10 heteroatoms. The Labute approximate surface area is 208 Å². The van der Waals surface area contributed by atoms with E-state index in [0.717, 1.165) is 16.7 Å². The van der Waals surface area contributed by atoms with Crippen LogP contribution >= 0.6 is 0 Å². The molecule has 2 aromatic carbocycles. The third-order valence-corrected chi connectivity index (χ3v) is 5.18. The molecule has 1 heterocycles. The monoisotopic (exact) mass is 496 g/mol. The lowest BCUT2D eigenvalue weighted by Gasteiger charge is -2.38. The molecule has 1 aromatic heterocycles. The van der Waals surface area contributed by atoms with Crippen LogP contribution in [0.5, 0.6) is 5.88 Å². The second-order valence-corrected chi connectivity index (χ2v) is 7.42. The van der Waals surface area contributed by atoms with Gasteiger partial charge in [0.05, 0.1) is 12.8 Å². The molecule has 0 radical (unpaired) electrons. The third-order valence-electron chi connectivity index (χ3n) is 5.18. The zero-order valence-corrected chi connectivity index (χ0v) is 20.3. The van der Waals surface area contributed by atoms with Crippen molar-refractivity contribution in [2.24, 2.45) is 0 Å². The Balaban J connectivity index is 0.000000678. The molecule has 190 valence electrons. The number of aromatic nitrogens is 1. The smallest absolute Gasteiger partial charge is 0.414 e. The molecule has 3 N–H and O–H groups in total. The lowest BCUT2D eigenvalue weighted by molar-refractivity contribution is -0.164.